The number of hydrogen-bond acceptors (Lipinski definition) is 4. The molecular weight excluding hydrogens is 324 g/mol. The fraction of sp³-hybridized carbons (Fsp3) is 0.600. The van der Waals surface area contributed by atoms with Gasteiger partial charge in [-0.05, 0) is 40.9 Å². The van der Waals surface area contributed by atoms with E-state index in [-0.39, 0.29) is 12.0 Å². The Balaban J connectivity index is 2.35. The number of ether oxygens (including phenoxy) is 3. The molecule has 1 aliphatic heterocycles. The molecule has 5 heteroatoms. The number of methoxy groups -OCH3 is 2. The zero-order valence-corrected chi connectivity index (χ0v) is 13.6. The van der Waals surface area contributed by atoms with Gasteiger partial charge >= 0.3 is 0 Å². The molecule has 3 atom stereocenters. The SMILES string of the molecule is CCC1OCCC1C(O)c1cc(OC)c(Br)cc1OC. The van der Waals surface area contributed by atoms with Crippen molar-refractivity contribution >= 4 is 15.9 Å². The number of benzene rings is 1. The molecule has 1 fully saturated rings. The predicted molar refractivity (Wildman–Crippen MR) is 80.3 cm³/mol. The molecule has 2 rings (SSSR count). The topological polar surface area (TPSA) is 47.9 Å². The van der Waals surface area contributed by atoms with Gasteiger partial charge in [0.05, 0.1) is 30.9 Å². The highest BCUT2D eigenvalue weighted by molar-refractivity contribution is 9.10. The summed E-state index contributed by atoms with van der Waals surface area (Å²) >= 11 is 3.43. The number of halogens is 1. The number of aliphatic hydroxyl groups excluding tert-OH is 1. The van der Waals surface area contributed by atoms with Crippen molar-refractivity contribution in [1.29, 1.82) is 0 Å². The summed E-state index contributed by atoms with van der Waals surface area (Å²) in [6, 6.07) is 3.66. The Morgan fingerprint density at radius 2 is 2.05 bits per heavy atom. The van der Waals surface area contributed by atoms with Gasteiger partial charge in [0.1, 0.15) is 11.5 Å². The highest BCUT2D eigenvalue weighted by atomic mass is 79.9. The second-order valence-electron chi connectivity index (χ2n) is 4.94. The Morgan fingerprint density at radius 1 is 1.35 bits per heavy atom. The molecule has 1 aliphatic rings. The molecule has 112 valence electrons. The highest BCUT2D eigenvalue weighted by Crippen LogP contribution is 2.42. The second kappa shape index (κ2) is 6.78. The summed E-state index contributed by atoms with van der Waals surface area (Å²) in [4.78, 5) is 0. The molecule has 1 aromatic carbocycles. The van der Waals surface area contributed by atoms with Crippen LogP contribution in [-0.4, -0.2) is 32.0 Å². The van der Waals surface area contributed by atoms with Gasteiger partial charge in [0.25, 0.3) is 0 Å². The summed E-state index contributed by atoms with van der Waals surface area (Å²) in [5, 5.41) is 10.7. The Kier molecular flexibility index (Phi) is 5.29. The van der Waals surface area contributed by atoms with Crippen molar-refractivity contribution in [3.05, 3.63) is 22.2 Å². The first-order valence-electron chi connectivity index (χ1n) is 6.83. The van der Waals surface area contributed by atoms with Crippen LogP contribution in [0.3, 0.4) is 0 Å². The zero-order valence-electron chi connectivity index (χ0n) is 12.1. The second-order valence-corrected chi connectivity index (χ2v) is 5.80. The van der Waals surface area contributed by atoms with Crippen LogP contribution in [0.1, 0.15) is 31.4 Å². The smallest absolute Gasteiger partial charge is 0.133 e. The van der Waals surface area contributed by atoms with Crippen molar-refractivity contribution in [2.75, 3.05) is 20.8 Å². The van der Waals surface area contributed by atoms with Crippen LogP contribution >= 0.6 is 15.9 Å². The predicted octanol–water partition coefficient (Wildman–Crippen LogP) is 3.31. The quantitative estimate of drug-likeness (QED) is 0.890. The molecule has 1 saturated heterocycles. The molecule has 0 spiro atoms. The van der Waals surface area contributed by atoms with E-state index in [9.17, 15) is 5.11 Å². The van der Waals surface area contributed by atoms with Gasteiger partial charge in [0.15, 0.2) is 0 Å². The van der Waals surface area contributed by atoms with Crippen LogP contribution in [0.25, 0.3) is 0 Å². The van der Waals surface area contributed by atoms with Gasteiger partial charge in [-0.1, -0.05) is 6.92 Å². The monoisotopic (exact) mass is 344 g/mol. The van der Waals surface area contributed by atoms with E-state index in [4.69, 9.17) is 14.2 Å². The maximum atomic E-state index is 10.7. The van der Waals surface area contributed by atoms with Gasteiger partial charge in [-0.3, -0.25) is 0 Å². The van der Waals surface area contributed by atoms with Crippen LogP contribution < -0.4 is 9.47 Å². The van der Waals surface area contributed by atoms with E-state index in [0.717, 1.165) is 22.9 Å². The Labute approximate surface area is 128 Å². The number of aliphatic hydroxyl groups is 1. The van der Waals surface area contributed by atoms with E-state index in [0.29, 0.717) is 18.1 Å². The van der Waals surface area contributed by atoms with Crippen molar-refractivity contribution < 1.29 is 19.3 Å². The lowest BCUT2D eigenvalue weighted by atomic mass is 9.88. The summed E-state index contributed by atoms with van der Waals surface area (Å²) in [6.07, 6.45) is 1.25. The van der Waals surface area contributed by atoms with Gasteiger partial charge in [-0.25, -0.2) is 0 Å². The summed E-state index contributed by atoms with van der Waals surface area (Å²) in [5.41, 5.74) is 0.751. The minimum Gasteiger partial charge on any atom is -0.496 e. The van der Waals surface area contributed by atoms with E-state index < -0.39 is 6.10 Å². The molecule has 3 unspecified atom stereocenters. The van der Waals surface area contributed by atoms with Gasteiger partial charge in [-0.2, -0.15) is 0 Å². The molecule has 0 aromatic heterocycles. The van der Waals surface area contributed by atoms with Crippen molar-refractivity contribution in [3.8, 4) is 11.5 Å². The first-order chi connectivity index (χ1) is 9.62. The average molecular weight is 345 g/mol. The fourth-order valence-corrected chi connectivity index (χ4v) is 3.28. The van der Waals surface area contributed by atoms with E-state index in [1.54, 1.807) is 14.2 Å². The van der Waals surface area contributed by atoms with Gasteiger partial charge < -0.3 is 19.3 Å². The maximum Gasteiger partial charge on any atom is 0.133 e. The van der Waals surface area contributed by atoms with Crippen LogP contribution in [0.15, 0.2) is 16.6 Å². The summed E-state index contributed by atoms with van der Waals surface area (Å²) in [6.45, 7) is 2.78. The van der Waals surface area contributed by atoms with E-state index in [1.807, 2.05) is 12.1 Å². The molecule has 4 nitrogen and oxygen atoms in total. The van der Waals surface area contributed by atoms with Gasteiger partial charge in [0, 0.05) is 18.1 Å². The molecule has 0 saturated carbocycles. The number of hydrogen-bond donors (Lipinski definition) is 1. The minimum atomic E-state index is -0.612. The van der Waals surface area contributed by atoms with Crippen molar-refractivity contribution in [2.24, 2.45) is 5.92 Å². The maximum absolute atomic E-state index is 10.7. The van der Waals surface area contributed by atoms with Gasteiger partial charge in [-0.15, -0.1) is 0 Å². The molecule has 0 amide bonds. The van der Waals surface area contributed by atoms with Crippen molar-refractivity contribution in [2.45, 2.75) is 32.0 Å². The molecule has 0 bridgehead atoms. The Hall–Kier alpha value is -0.780. The Bertz CT molecular complexity index is 463. The lowest BCUT2D eigenvalue weighted by molar-refractivity contribution is 0.0297. The summed E-state index contributed by atoms with van der Waals surface area (Å²) < 4.78 is 17.2. The van der Waals surface area contributed by atoms with Crippen molar-refractivity contribution in [1.82, 2.24) is 0 Å². The van der Waals surface area contributed by atoms with Crippen LogP contribution in [0.4, 0.5) is 0 Å². The molecule has 1 aromatic rings. The lowest BCUT2D eigenvalue weighted by Crippen LogP contribution is -2.22. The molecule has 1 heterocycles. The largest absolute Gasteiger partial charge is 0.496 e. The zero-order chi connectivity index (χ0) is 14.7. The van der Waals surface area contributed by atoms with Crippen LogP contribution in [0.5, 0.6) is 11.5 Å². The third kappa shape index (κ3) is 2.95. The van der Waals surface area contributed by atoms with Gasteiger partial charge in [0.2, 0.25) is 0 Å². The average Bonchev–Trinajstić information content (AvgIpc) is 2.94. The molecule has 1 N–H and O–H groups in total. The first-order valence-corrected chi connectivity index (χ1v) is 7.62. The minimum absolute atomic E-state index is 0.0970. The first kappa shape index (κ1) is 15.6. The fourth-order valence-electron chi connectivity index (χ4n) is 2.79. The molecule has 0 aliphatic carbocycles. The van der Waals surface area contributed by atoms with Crippen LogP contribution in [0, 0.1) is 5.92 Å². The summed E-state index contributed by atoms with van der Waals surface area (Å²) in [5.74, 6) is 1.44. The third-order valence-corrected chi connectivity index (χ3v) is 4.51. The van der Waals surface area contributed by atoms with Crippen molar-refractivity contribution in [3.63, 3.8) is 0 Å². The van der Waals surface area contributed by atoms with Crippen LogP contribution in [-0.2, 0) is 4.74 Å². The normalized spacial score (nSPS) is 23.6. The molecular formula is C15H21BrO4. The number of rotatable bonds is 5. The highest BCUT2D eigenvalue weighted by Gasteiger charge is 2.35. The molecule has 20 heavy (non-hydrogen) atoms. The lowest BCUT2D eigenvalue weighted by Gasteiger charge is -2.25. The molecule has 0 radical (unpaired) electrons. The standard InChI is InChI=1S/C15H21BrO4/c1-4-12-9(5-6-20-12)15(17)10-7-14(19-3)11(16)8-13(10)18-2/h7-9,12,15,17H,4-6H2,1-3H3. The van der Waals surface area contributed by atoms with E-state index in [1.165, 1.54) is 0 Å². The van der Waals surface area contributed by atoms with E-state index in [2.05, 4.69) is 22.9 Å². The van der Waals surface area contributed by atoms with Crippen LogP contribution in [0.2, 0.25) is 0 Å². The Morgan fingerprint density at radius 3 is 2.65 bits per heavy atom. The third-order valence-electron chi connectivity index (χ3n) is 3.89. The van der Waals surface area contributed by atoms with E-state index >= 15 is 0 Å². The summed E-state index contributed by atoms with van der Waals surface area (Å²) in [7, 11) is 3.21.